The van der Waals surface area contributed by atoms with Gasteiger partial charge in [-0.2, -0.15) is 0 Å². The van der Waals surface area contributed by atoms with Crippen molar-refractivity contribution in [2.24, 2.45) is 11.3 Å². The SMILES string of the molecule is CC1(C)CC1CNc1cnc([N+](=O)[O-])cc1C(=O)O. The number of nitrogens with zero attached hydrogens (tertiary/aromatic N) is 2. The number of carboxylic acids is 1. The number of hydrogen-bond donors (Lipinski definition) is 2. The molecule has 0 amide bonds. The lowest BCUT2D eigenvalue weighted by Gasteiger charge is -2.08. The summed E-state index contributed by atoms with van der Waals surface area (Å²) in [7, 11) is 0. The number of anilines is 1. The lowest BCUT2D eigenvalue weighted by Crippen LogP contribution is -2.12. The number of rotatable bonds is 5. The van der Waals surface area contributed by atoms with Crippen LogP contribution in [0.3, 0.4) is 0 Å². The molecule has 1 unspecified atom stereocenters. The molecule has 1 aliphatic rings. The Morgan fingerprint density at radius 2 is 2.32 bits per heavy atom. The number of carboxylic acid groups (broad SMARTS) is 1. The molecule has 7 nitrogen and oxygen atoms in total. The maximum Gasteiger partial charge on any atom is 0.364 e. The molecule has 1 atom stereocenters. The van der Waals surface area contributed by atoms with Crippen molar-refractivity contribution in [2.75, 3.05) is 11.9 Å². The summed E-state index contributed by atoms with van der Waals surface area (Å²) in [6, 6.07) is 0.975. The molecular formula is C12H15N3O4. The number of hydrogen-bond acceptors (Lipinski definition) is 5. The minimum atomic E-state index is -1.21. The average Bonchev–Trinajstić information content (AvgIpc) is 2.94. The molecule has 0 spiro atoms. The van der Waals surface area contributed by atoms with Gasteiger partial charge < -0.3 is 20.5 Å². The molecule has 7 heteroatoms. The first-order chi connectivity index (χ1) is 8.81. The molecule has 0 aromatic carbocycles. The Morgan fingerprint density at radius 1 is 1.68 bits per heavy atom. The van der Waals surface area contributed by atoms with E-state index >= 15 is 0 Å². The first-order valence-corrected chi connectivity index (χ1v) is 5.93. The van der Waals surface area contributed by atoms with Crippen molar-refractivity contribution in [3.63, 3.8) is 0 Å². The van der Waals surface area contributed by atoms with Gasteiger partial charge in [0.1, 0.15) is 0 Å². The van der Waals surface area contributed by atoms with E-state index in [0.29, 0.717) is 18.2 Å². The van der Waals surface area contributed by atoms with Gasteiger partial charge in [-0.05, 0) is 27.7 Å². The normalized spacial score (nSPS) is 19.8. The summed E-state index contributed by atoms with van der Waals surface area (Å²) >= 11 is 0. The Labute approximate surface area is 109 Å². The molecule has 1 aromatic rings. The second-order valence-corrected chi connectivity index (χ2v) is 5.42. The molecule has 1 heterocycles. The highest BCUT2D eigenvalue weighted by molar-refractivity contribution is 5.94. The molecule has 0 radical (unpaired) electrons. The molecule has 1 saturated carbocycles. The van der Waals surface area contributed by atoms with Crippen molar-refractivity contribution in [3.8, 4) is 0 Å². The van der Waals surface area contributed by atoms with Gasteiger partial charge in [-0.1, -0.05) is 13.8 Å². The first kappa shape index (κ1) is 13.3. The molecule has 102 valence electrons. The lowest BCUT2D eigenvalue weighted by molar-refractivity contribution is -0.389. The van der Waals surface area contributed by atoms with E-state index in [-0.39, 0.29) is 11.0 Å². The summed E-state index contributed by atoms with van der Waals surface area (Å²) in [5, 5.41) is 22.7. The standard InChI is InChI=1S/C12H15N3O4/c1-12(2)4-7(12)5-13-9-6-14-10(15(18)19)3-8(9)11(16)17/h3,6-7,13H,4-5H2,1-2H3,(H,16,17). The molecule has 0 saturated heterocycles. The second-order valence-electron chi connectivity index (χ2n) is 5.42. The maximum absolute atomic E-state index is 11.1. The van der Waals surface area contributed by atoms with E-state index < -0.39 is 16.7 Å². The highest BCUT2D eigenvalue weighted by Gasteiger charge is 2.45. The summed E-state index contributed by atoms with van der Waals surface area (Å²) in [6.45, 7) is 4.93. The van der Waals surface area contributed by atoms with E-state index in [2.05, 4.69) is 24.1 Å². The number of pyridine rings is 1. The van der Waals surface area contributed by atoms with E-state index in [0.717, 1.165) is 12.5 Å². The molecule has 1 aromatic heterocycles. The molecule has 0 aliphatic heterocycles. The van der Waals surface area contributed by atoms with E-state index in [1.807, 2.05) is 0 Å². The number of nitro groups is 1. The average molecular weight is 265 g/mol. The van der Waals surface area contributed by atoms with Gasteiger partial charge in [0.15, 0.2) is 6.20 Å². The zero-order valence-electron chi connectivity index (χ0n) is 10.7. The Morgan fingerprint density at radius 3 is 2.79 bits per heavy atom. The van der Waals surface area contributed by atoms with Crippen LogP contribution in [-0.4, -0.2) is 27.5 Å². The van der Waals surface area contributed by atoms with E-state index in [1.165, 1.54) is 6.20 Å². The van der Waals surface area contributed by atoms with Crippen LogP contribution in [0, 0.1) is 21.4 Å². The van der Waals surface area contributed by atoms with Crippen LogP contribution < -0.4 is 5.32 Å². The van der Waals surface area contributed by atoms with Crippen LogP contribution in [0.1, 0.15) is 30.6 Å². The fourth-order valence-corrected chi connectivity index (χ4v) is 2.02. The number of carbonyl (C=O) groups is 1. The third kappa shape index (κ3) is 2.81. The van der Waals surface area contributed by atoms with Crippen molar-refractivity contribution in [1.29, 1.82) is 0 Å². The zero-order valence-corrected chi connectivity index (χ0v) is 10.7. The number of aromatic carboxylic acids is 1. The summed E-state index contributed by atoms with van der Waals surface area (Å²) < 4.78 is 0. The van der Waals surface area contributed by atoms with Gasteiger partial charge >= 0.3 is 11.8 Å². The third-order valence-electron chi connectivity index (χ3n) is 3.56. The van der Waals surface area contributed by atoms with E-state index in [1.54, 1.807) is 0 Å². The highest BCUT2D eigenvalue weighted by Crippen LogP contribution is 2.51. The Balaban J connectivity index is 2.15. The topological polar surface area (TPSA) is 105 Å². The predicted molar refractivity (Wildman–Crippen MR) is 68.2 cm³/mol. The Hall–Kier alpha value is -2.18. The largest absolute Gasteiger partial charge is 0.478 e. The summed E-state index contributed by atoms with van der Waals surface area (Å²) in [4.78, 5) is 24.6. The first-order valence-electron chi connectivity index (χ1n) is 5.93. The highest BCUT2D eigenvalue weighted by atomic mass is 16.6. The molecule has 2 N–H and O–H groups in total. The van der Waals surface area contributed by atoms with Crippen LogP contribution in [0.25, 0.3) is 0 Å². The van der Waals surface area contributed by atoms with Crippen molar-refractivity contribution < 1.29 is 14.8 Å². The van der Waals surface area contributed by atoms with Gasteiger partial charge in [-0.15, -0.1) is 0 Å². The van der Waals surface area contributed by atoms with E-state index in [4.69, 9.17) is 5.11 Å². The van der Waals surface area contributed by atoms with Crippen molar-refractivity contribution in [3.05, 3.63) is 27.9 Å². The third-order valence-corrected chi connectivity index (χ3v) is 3.56. The summed E-state index contributed by atoms with van der Waals surface area (Å²) in [5.41, 5.74) is 0.478. The number of nitrogens with one attached hydrogen (secondary N) is 1. The van der Waals surface area contributed by atoms with Gasteiger partial charge in [0.25, 0.3) is 0 Å². The fourth-order valence-electron chi connectivity index (χ4n) is 2.02. The zero-order chi connectivity index (χ0) is 14.2. The molecule has 19 heavy (non-hydrogen) atoms. The molecule has 0 bridgehead atoms. The van der Waals surface area contributed by atoms with Crippen LogP contribution in [0.5, 0.6) is 0 Å². The summed E-state index contributed by atoms with van der Waals surface area (Å²) in [6.07, 6.45) is 2.29. The number of aromatic nitrogens is 1. The van der Waals surface area contributed by atoms with Crippen LogP contribution in [-0.2, 0) is 0 Å². The molecule has 2 rings (SSSR count). The quantitative estimate of drug-likeness (QED) is 0.624. The maximum atomic E-state index is 11.1. The van der Waals surface area contributed by atoms with E-state index in [9.17, 15) is 14.9 Å². The van der Waals surface area contributed by atoms with Gasteiger partial charge in [0.05, 0.1) is 17.3 Å². The van der Waals surface area contributed by atoms with Crippen molar-refractivity contribution in [1.82, 2.24) is 4.98 Å². The lowest BCUT2D eigenvalue weighted by atomic mass is 10.1. The van der Waals surface area contributed by atoms with Crippen LogP contribution >= 0.6 is 0 Å². The second kappa shape index (κ2) is 4.49. The fraction of sp³-hybridized carbons (Fsp3) is 0.500. The Kier molecular flexibility index (Phi) is 3.13. The molecule has 1 aliphatic carbocycles. The molecular weight excluding hydrogens is 250 g/mol. The van der Waals surface area contributed by atoms with Gasteiger partial charge in [-0.25, -0.2) is 4.79 Å². The van der Waals surface area contributed by atoms with Crippen molar-refractivity contribution in [2.45, 2.75) is 20.3 Å². The van der Waals surface area contributed by atoms with Gasteiger partial charge in [-0.3, -0.25) is 0 Å². The monoisotopic (exact) mass is 265 g/mol. The van der Waals surface area contributed by atoms with Gasteiger partial charge in [0, 0.05) is 6.54 Å². The molecule has 1 fully saturated rings. The predicted octanol–water partition coefficient (Wildman–Crippen LogP) is 2.15. The van der Waals surface area contributed by atoms with Crippen molar-refractivity contribution >= 4 is 17.5 Å². The summed E-state index contributed by atoms with van der Waals surface area (Å²) in [5.74, 6) is -1.18. The van der Waals surface area contributed by atoms with Crippen LogP contribution in [0.15, 0.2) is 12.3 Å². The minimum absolute atomic E-state index is 0.125. The smallest absolute Gasteiger partial charge is 0.364 e. The van der Waals surface area contributed by atoms with Crippen LogP contribution in [0.4, 0.5) is 11.5 Å². The van der Waals surface area contributed by atoms with Gasteiger partial charge in [0.2, 0.25) is 0 Å². The van der Waals surface area contributed by atoms with Crippen LogP contribution in [0.2, 0.25) is 0 Å². The Bertz CT molecular complexity index is 542. The minimum Gasteiger partial charge on any atom is -0.478 e.